The molecule has 0 aromatic heterocycles. The molecule has 0 bridgehead atoms. The first-order valence-electron chi connectivity index (χ1n) is 12.4. The van der Waals surface area contributed by atoms with E-state index in [9.17, 15) is 9.90 Å². The fraction of sp³-hybridized carbons (Fsp3) is 0.393. The number of fused-ring (bicyclic) bond motifs is 2. The molecule has 1 fully saturated rings. The zero-order chi connectivity index (χ0) is 24.2. The minimum Gasteiger partial charge on any atom is -0.486 e. The Morgan fingerprint density at radius 1 is 0.971 bits per heavy atom. The Morgan fingerprint density at radius 2 is 1.71 bits per heavy atom. The Kier molecular flexibility index (Phi) is 7.06. The molecular weight excluding hydrogens is 442 g/mol. The van der Waals surface area contributed by atoms with Gasteiger partial charge in [0, 0.05) is 6.54 Å². The quantitative estimate of drug-likeness (QED) is 0.478. The largest absolute Gasteiger partial charge is 0.486 e. The van der Waals surface area contributed by atoms with Crippen molar-refractivity contribution in [2.45, 2.75) is 38.0 Å². The number of rotatable bonds is 7. The second-order valence-corrected chi connectivity index (χ2v) is 9.37. The molecule has 3 atom stereocenters. The van der Waals surface area contributed by atoms with Crippen LogP contribution in [0.15, 0.2) is 60.7 Å². The maximum Gasteiger partial charge on any atom is 0.315 e. The summed E-state index contributed by atoms with van der Waals surface area (Å²) >= 11 is 0. The molecule has 7 nitrogen and oxygen atoms in total. The first-order valence-corrected chi connectivity index (χ1v) is 12.4. The Bertz CT molecular complexity index is 1170. The number of aliphatic hydroxyl groups is 1. The van der Waals surface area contributed by atoms with Gasteiger partial charge in [0.1, 0.15) is 19.3 Å². The molecule has 2 heterocycles. The van der Waals surface area contributed by atoms with Crippen molar-refractivity contribution in [2.75, 3.05) is 32.8 Å². The van der Waals surface area contributed by atoms with Gasteiger partial charge in [0.2, 0.25) is 0 Å². The second kappa shape index (κ2) is 10.5. The lowest BCUT2D eigenvalue weighted by Gasteiger charge is -2.30. The number of carbonyl (C=O) groups excluding carboxylic acids is 1. The van der Waals surface area contributed by atoms with E-state index >= 15 is 0 Å². The number of benzene rings is 3. The molecule has 1 saturated heterocycles. The van der Waals surface area contributed by atoms with Crippen LogP contribution in [-0.2, 0) is 0 Å². The summed E-state index contributed by atoms with van der Waals surface area (Å²) in [5, 5.41) is 19.7. The van der Waals surface area contributed by atoms with Crippen LogP contribution < -0.4 is 20.1 Å². The number of nitrogens with zero attached hydrogens (tertiary/aromatic N) is 1. The first-order chi connectivity index (χ1) is 17.1. The second-order valence-electron chi connectivity index (χ2n) is 9.37. The molecule has 0 aliphatic carbocycles. The van der Waals surface area contributed by atoms with Crippen LogP contribution in [0.3, 0.4) is 0 Å². The van der Waals surface area contributed by atoms with Gasteiger partial charge in [-0.15, -0.1) is 0 Å². The fourth-order valence-electron chi connectivity index (χ4n) is 5.06. The third-order valence-corrected chi connectivity index (χ3v) is 6.90. The van der Waals surface area contributed by atoms with E-state index in [1.807, 2.05) is 49.4 Å². The monoisotopic (exact) mass is 475 g/mol. The third-order valence-electron chi connectivity index (χ3n) is 6.90. The summed E-state index contributed by atoms with van der Waals surface area (Å²) in [6, 6.07) is 18.8. The van der Waals surface area contributed by atoms with Crippen molar-refractivity contribution in [1.29, 1.82) is 0 Å². The number of amides is 2. The van der Waals surface area contributed by atoms with Crippen molar-refractivity contribution >= 4 is 16.8 Å². The topological polar surface area (TPSA) is 83.1 Å². The van der Waals surface area contributed by atoms with E-state index in [-0.39, 0.29) is 12.1 Å². The van der Waals surface area contributed by atoms with Gasteiger partial charge in [-0.2, -0.15) is 0 Å². The molecule has 3 aromatic carbocycles. The molecule has 3 N–H and O–H groups in total. The van der Waals surface area contributed by atoms with Crippen LogP contribution in [0.25, 0.3) is 10.8 Å². The Hall–Kier alpha value is -3.29. The van der Waals surface area contributed by atoms with Crippen LogP contribution >= 0.6 is 0 Å². The van der Waals surface area contributed by atoms with Crippen LogP contribution in [0, 0.1) is 0 Å². The van der Waals surface area contributed by atoms with Gasteiger partial charge in [0.25, 0.3) is 0 Å². The molecule has 2 aliphatic heterocycles. The van der Waals surface area contributed by atoms with Gasteiger partial charge in [-0.25, -0.2) is 4.79 Å². The number of nitrogens with one attached hydrogen (secondary N) is 2. The summed E-state index contributed by atoms with van der Waals surface area (Å²) in [5.74, 6) is 1.31. The van der Waals surface area contributed by atoms with Crippen LogP contribution in [0.2, 0.25) is 0 Å². The number of hydrogen-bond acceptors (Lipinski definition) is 5. The van der Waals surface area contributed by atoms with Crippen molar-refractivity contribution in [2.24, 2.45) is 0 Å². The molecular formula is C28H33N3O4. The highest BCUT2D eigenvalue weighted by molar-refractivity contribution is 5.86. The number of urea groups is 1. The van der Waals surface area contributed by atoms with Crippen molar-refractivity contribution in [3.63, 3.8) is 0 Å². The summed E-state index contributed by atoms with van der Waals surface area (Å²) < 4.78 is 11.3. The van der Waals surface area contributed by atoms with Crippen LogP contribution in [0.4, 0.5) is 4.79 Å². The highest BCUT2D eigenvalue weighted by Gasteiger charge is 2.28. The zero-order valence-corrected chi connectivity index (χ0v) is 20.1. The van der Waals surface area contributed by atoms with Crippen LogP contribution in [0.1, 0.15) is 43.0 Å². The van der Waals surface area contributed by atoms with E-state index in [0.717, 1.165) is 42.3 Å². The van der Waals surface area contributed by atoms with Crippen molar-refractivity contribution in [3.8, 4) is 11.5 Å². The van der Waals surface area contributed by atoms with E-state index < -0.39 is 12.1 Å². The van der Waals surface area contributed by atoms with Gasteiger partial charge >= 0.3 is 6.03 Å². The maximum atomic E-state index is 13.1. The summed E-state index contributed by atoms with van der Waals surface area (Å²) in [5.41, 5.74) is 1.75. The van der Waals surface area contributed by atoms with Gasteiger partial charge < -0.3 is 30.1 Å². The smallest absolute Gasteiger partial charge is 0.315 e. The Balaban J connectivity index is 1.31. The predicted octanol–water partition coefficient (Wildman–Crippen LogP) is 4.17. The van der Waals surface area contributed by atoms with E-state index in [1.165, 1.54) is 0 Å². The van der Waals surface area contributed by atoms with Crippen molar-refractivity contribution in [3.05, 3.63) is 71.8 Å². The number of carbonyl (C=O) groups is 1. The lowest BCUT2D eigenvalue weighted by Crippen LogP contribution is -2.50. The fourth-order valence-corrected chi connectivity index (χ4v) is 5.06. The molecule has 35 heavy (non-hydrogen) atoms. The average Bonchev–Trinajstić information content (AvgIpc) is 3.40. The highest BCUT2D eigenvalue weighted by Crippen LogP contribution is 2.33. The molecule has 0 radical (unpaired) electrons. The summed E-state index contributed by atoms with van der Waals surface area (Å²) in [7, 11) is 0. The van der Waals surface area contributed by atoms with Gasteiger partial charge in [-0.05, 0) is 66.9 Å². The van der Waals surface area contributed by atoms with Crippen molar-refractivity contribution < 1.29 is 19.4 Å². The zero-order valence-electron chi connectivity index (χ0n) is 20.1. The third kappa shape index (κ3) is 5.36. The predicted molar refractivity (Wildman–Crippen MR) is 136 cm³/mol. The van der Waals surface area contributed by atoms with E-state index in [4.69, 9.17) is 9.47 Å². The number of hydrogen-bond donors (Lipinski definition) is 3. The van der Waals surface area contributed by atoms with Gasteiger partial charge in [0.15, 0.2) is 11.5 Å². The van der Waals surface area contributed by atoms with Crippen LogP contribution in [0.5, 0.6) is 11.5 Å². The van der Waals surface area contributed by atoms with Crippen molar-refractivity contribution in [1.82, 2.24) is 15.5 Å². The minimum absolute atomic E-state index is 0.194. The number of aliphatic hydroxyl groups excluding tert-OH is 1. The molecule has 0 spiro atoms. The Morgan fingerprint density at radius 3 is 2.54 bits per heavy atom. The van der Waals surface area contributed by atoms with Gasteiger partial charge in [0.05, 0.1) is 12.1 Å². The van der Waals surface area contributed by atoms with E-state index in [2.05, 4.69) is 33.7 Å². The normalized spacial score (nSPS) is 18.1. The molecule has 5 rings (SSSR count). The molecule has 7 heteroatoms. The summed E-state index contributed by atoms with van der Waals surface area (Å²) in [4.78, 5) is 15.4. The molecule has 3 aromatic rings. The highest BCUT2D eigenvalue weighted by atomic mass is 16.6. The number of likely N-dealkylation sites (tertiary alicyclic amines) is 1. The van der Waals surface area contributed by atoms with Crippen LogP contribution in [-0.4, -0.2) is 54.9 Å². The number of ether oxygens (including phenoxy) is 2. The minimum atomic E-state index is -0.884. The Labute approximate surface area is 206 Å². The average molecular weight is 476 g/mol. The molecule has 2 amide bonds. The SMILES string of the molecule is CC(NC(=O)NC(CN1CCCC1)C(O)c1ccc2c(c1)OCCO2)c1cccc2ccccc12. The van der Waals surface area contributed by atoms with Gasteiger partial charge in [-0.3, -0.25) is 0 Å². The van der Waals surface area contributed by atoms with E-state index in [1.54, 1.807) is 0 Å². The van der Waals surface area contributed by atoms with E-state index in [0.29, 0.717) is 36.8 Å². The standard InChI is InChI=1S/C28H33N3O4/c1-19(22-10-6-8-20-7-2-3-9-23(20)22)29-28(33)30-24(18-31-13-4-5-14-31)27(32)21-11-12-25-26(17-21)35-16-15-34-25/h2-3,6-12,17,19,24,27,32H,4-5,13-16,18H2,1H3,(H2,29,30,33). The molecule has 0 saturated carbocycles. The van der Waals surface area contributed by atoms with Gasteiger partial charge in [-0.1, -0.05) is 48.5 Å². The first kappa shape index (κ1) is 23.5. The summed E-state index contributed by atoms with van der Waals surface area (Å²) in [6.07, 6.45) is 1.39. The summed E-state index contributed by atoms with van der Waals surface area (Å²) in [6.45, 7) is 5.50. The molecule has 3 unspecified atom stereocenters. The lowest BCUT2D eigenvalue weighted by molar-refractivity contribution is 0.108. The lowest BCUT2D eigenvalue weighted by atomic mass is 9.99. The maximum absolute atomic E-state index is 13.1. The molecule has 2 aliphatic rings. The molecule has 184 valence electrons.